The molecule has 1 aliphatic heterocycles. The number of ether oxygens (including phenoxy) is 1. The minimum absolute atomic E-state index is 0.542. The van der Waals surface area contributed by atoms with E-state index in [2.05, 4.69) is 37.5 Å². The van der Waals surface area contributed by atoms with Crippen LogP contribution in [-0.4, -0.2) is 52.6 Å². The lowest BCUT2D eigenvalue weighted by molar-refractivity contribution is 0.307. The number of benzene rings is 1. The standard InChI is InChI=1S/C20H25N7O/c1-12-9-18(21-2)26-20(22-12)23-13-5-6-17(28-4)14(10-13)19-24-15-7-8-27(3)11-16(15)25-19/h5-6,9-10H,7-8,11H2,1-4H3,(H,24,25)(H2,21,22,23,26). The van der Waals surface area contributed by atoms with E-state index in [-0.39, 0.29) is 0 Å². The first-order valence-electron chi connectivity index (χ1n) is 9.31. The number of imidazole rings is 1. The third-order valence-electron chi connectivity index (χ3n) is 4.84. The van der Waals surface area contributed by atoms with Crippen LogP contribution in [0.15, 0.2) is 24.3 Å². The minimum Gasteiger partial charge on any atom is -0.496 e. The summed E-state index contributed by atoms with van der Waals surface area (Å²) in [5.74, 6) is 2.90. The van der Waals surface area contributed by atoms with Crippen molar-refractivity contribution in [2.24, 2.45) is 0 Å². The molecule has 0 aliphatic carbocycles. The maximum atomic E-state index is 5.57. The molecule has 3 aromatic rings. The first kappa shape index (κ1) is 18.2. The summed E-state index contributed by atoms with van der Waals surface area (Å²) in [4.78, 5) is 19.5. The highest BCUT2D eigenvalue weighted by Gasteiger charge is 2.20. The van der Waals surface area contributed by atoms with Gasteiger partial charge < -0.3 is 25.3 Å². The van der Waals surface area contributed by atoms with Crippen molar-refractivity contribution in [3.8, 4) is 17.1 Å². The van der Waals surface area contributed by atoms with Gasteiger partial charge in [-0.1, -0.05) is 0 Å². The van der Waals surface area contributed by atoms with Gasteiger partial charge in [0.2, 0.25) is 5.95 Å². The van der Waals surface area contributed by atoms with Gasteiger partial charge in [0.05, 0.1) is 24.1 Å². The number of hydrogen-bond donors (Lipinski definition) is 3. The molecule has 8 nitrogen and oxygen atoms in total. The monoisotopic (exact) mass is 379 g/mol. The van der Waals surface area contributed by atoms with Gasteiger partial charge in [0.1, 0.15) is 17.4 Å². The summed E-state index contributed by atoms with van der Waals surface area (Å²) in [6, 6.07) is 7.79. The molecule has 4 rings (SSSR count). The number of hydrogen-bond acceptors (Lipinski definition) is 7. The zero-order valence-electron chi connectivity index (χ0n) is 16.6. The molecule has 0 radical (unpaired) electrons. The highest BCUT2D eigenvalue weighted by atomic mass is 16.5. The Labute approximate surface area is 164 Å². The quantitative estimate of drug-likeness (QED) is 0.628. The van der Waals surface area contributed by atoms with Crippen molar-refractivity contribution in [3.63, 3.8) is 0 Å². The Morgan fingerprint density at radius 1 is 1.18 bits per heavy atom. The Bertz CT molecular complexity index is 998. The maximum Gasteiger partial charge on any atom is 0.229 e. The third kappa shape index (κ3) is 3.63. The summed E-state index contributed by atoms with van der Waals surface area (Å²) in [6.45, 7) is 3.85. The van der Waals surface area contributed by atoms with E-state index in [4.69, 9.17) is 9.72 Å². The summed E-state index contributed by atoms with van der Waals surface area (Å²) < 4.78 is 5.57. The van der Waals surface area contributed by atoms with Crippen molar-refractivity contribution in [1.82, 2.24) is 24.8 Å². The Balaban J connectivity index is 1.68. The third-order valence-corrected chi connectivity index (χ3v) is 4.84. The van der Waals surface area contributed by atoms with Crippen molar-refractivity contribution in [2.75, 3.05) is 38.4 Å². The molecule has 0 unspecified atom stereocenters. The molecule has 2 aromatic heterocycles. The number of aromatic amines is 1. The second-order valence-electron chi connectivity index (χ2n) is 7.01. The van der Waals surface area contributed by atoms with Crippen LogP contribution in [0, 0.1) is 6.92 Å². The minimum atomic E-state index is 0.542. The number of H-pyrrole nitrogens is 1. The molecule has 146 valence electrons. The van der Waals surface area contributed by atoms with Crippen LogP contribution in [0.1, 0.15) is 17.1 Å². The topological polar surface area (TPSA) is 91.0 Å². The normalized spacial score (nSPS) is 13.9. The van der Waals surface area contributed by atoms with Crippen LogP contribution in [0.5, 0.6) is 5.75 Å². The van der Waals surface area contributed by atoms with Crippen LogP contribution in [0.4, 0.5) is 17.5 Å². The van der Waals surface area contributed by atoms with Gasteiger partial charge in [-0.25, -0.2) is 9.97 Å². The summed E-state index contributed by atoms with van der Waals surface area (Å²) in [5.41, 5.74) is 4.97. The lowest BCUT2D eigenvalue weighted by Gasteiger charge is -2.20. The first-order chi connectivity index (χ1) is 13.6. The molecule has 1 aliphatic rings. The fraction of sp³-hybridized carbons (Fsp3) is 0.350. The molecule has 0 bridgehead atoms. The molecule has 28 heavy (non-hydrogen) atoms. The van der Waals surface area contributed by atoms with Gasteiger partial charge >= 0.3 is 0 Å². The first-order valence-corrected chi connectivity index (χ1v) is 9.31. The number of aryl methyl sites for hydroxylation is 1. The lowest BCUT2D eigenvalue weighted by Crippen LogP contribution is -2.26. The van der Waals surface area contributed by atoms with Crippen LogP contribution >= 0.6 is 0 Å². The van der Waals surface area contributed by atoms with E-state index in [1.165, 1.54) is 5.69 Å². The smallest absolute Gasteiger partial charge is 0.229 e. The van der Waals surface area contributed by atoms with E-state index in [1.54, 1.807) is 7.11 Å². The van der Waals surface area contributed by atoms with E-state index in [0.29, 0.717) is 5.95 Å². The molecule has 1 aromatic carbocycles. The van der Waals surface area contributed by atoms with E-state index in [0.717, 1.165) is 59.5 Å². The van der Waals surface area contributed by atoms with E-state index < -0.39 is 0 Å². The average Bonchev–Trinajstić information content (AvgIpc) is 3.10. The predicted molar refractivity (Wildman–Crippen MR) is 110 cm³/mol. The van der Waals surface area contributed by atoms with E-state index in [9.17, 15) is 0 Å². The Morgan fingerprint density at radius 2 is 2.04 bits per heavy atom. The number of likely N-dealkylation sites (N-methyl/N-ethyl adjacent to an activating group) is 1. The number of nitrogens with one attached hydrogen (secondary N) is 3. The van der Waals surface area contributed by atoms with Crippen molar-refractivity contribution < 1.29 is 4.74 Å². The summed E-state index contributed by atoms with van der Waals surface area (Å²) in [7, 11) is 5.63. The molecule has 3 N–H and O–H groups in total. The molecule has 8 heteroatoms. The maximum absolute atomic E-state index is 5.57. The predicted octanol–water partition coefficient (Wildman–Crippen LogP) is 2.96. The van der Waals surface area contributed by atoms with Crippen LogP contribution in [0.3, 0.4) is 0 Å². The van der Waals surface area contributed by atoms with Gasteiger partial charge in [-0.15, -0.1) is 0 Å². The van der Waals surface area contributed by atoms with Gasteiger partial charge in [0.25, 0.3) is 0 Å². The highest BCUT2D eigenvalue weighted by molar-refractivity contribution is 5.72. The number of aromatic nitrogens is 4. The van der Waals surface area contributed by atoms with Crippen molar-refractivity contribution in [1.29, 1.82) is 0 Å². The molecule has 3 heterocycles. The zero-order valence-corrected chi connectivity index (χ0v) is 16.6. The second-order valence-corrected chi connectivity index (χ2v) is 7.01. The van der Waals surface area contributed by atoms with E-state index >= 15 is 0 Å². The fourth-order valence-corrected chi connectivity index (χ4v) is 3.41. The Hall–Kier alpha value is -3.13. The fourth-order valence-electron chi connectivity index (χ4n) is 3.41. The van der Waals surface area contributed by atoms with Gasteiger partial charge in [-0.05, 0) is 32.2 Å². The molecular weight excluding hydrogens is 354 g/mol. The molecule has 0 spiro atoms. The summed E-state index contributed by atoms with van der Waals surface area (Å²) >= 11 is 0. The van der Waals surface area contributed by atoms with Crippen molar-refractivity contribution in [3.05, 3.63) is 41.3 Å². The lowest BCUT2D eigenvalue weighted by atomic mass is 10.1. The number of methoxy groups -OCH3 is 1. The van der Waals surface area contributed by atoms with E-state index in [1.807, 2.05) is 38.2 Å². The highest BCUT2D eigenvalue weighted by Crippen LogP contribution is 2.33. The van der Waals surface area contributed by atoms with Gasteiger partial charge in [0.15, 0.2) is 0 Å². The van der Waals surface area contributed by atoms with Crippen LogP contribution in [0.25, 0.3) is 11.4 Å². The average molecular weight is 379 g/mol. The number of fused-ring (bicyclic) bond motifs is 1. The van der Waals surface area contributed by atoms with Crippen molar-refractivity contribution >= 4 is 17.5 Å². The summed E-state index contributed by atoms with van der Waals surface area (Å²) in [6.07, 6.45) is 0.951. The van der Waals surface area contributed by atoms with Gasteiger partial charge in [-0.2, -0.15) is 4.98 Å². The SMILES string of the molecule is CNc1cc(C)nc(Nc2ccc(OC)c(-c3nc4c([nH]3)CN(C)CC4)c2)n1. The largest absolute Gasteiger partial charge is 0.496 e. The number of rotatable bonds is 5. The van der Waals surface area contributed by atoms with Crippen molar-refractivity contribution in [2.45, 2.75) is 19.9 Å². The molecule has 0 amide bonds. The van der Waals surface area contributed by atoms with Gasteiger partial charge in [-0.3, -0.25) is 0 Å². The Morgan fingerprint density at radius 3 is 2.82 bits per heavy atom. The number of nitrogens with zero attached hydrogens (tertiary/aromatic N) is 4. The van der Waals surface area contributed by atoms with Gasteiger partial charge in [0, 0.05) is 44.0 Å². The van der Waals surface area contributed by atoms with Crippen LogP contribution in [-0.2, 0) is 13.0 Å². The molecular formula is C20H25N7O. The molecule has 0 atom stereocenters. The summed E-state index contributed by atoms with van der Waals surface area (Å²) in [5, 5.41) is 6.33. The Kier molecular flexibility index (Phi) is 4.87. The van der Waals surface area contributed by atoms with Crippen LogP contribution in [0.2, 0.25) is 0 Å². The molecule has 0 fully saturated rings. The zero-order chi connectivity index (χ0) is 19.7. The molecule has 0 saturated heterocycles. The second kappa shape index (κ2) is 7.47. The van der Waals surface area contributed by atoms with Crippen LogP contribution < -0.4 is 15.4 Å². The molecule has 0 saturated carbocycles. The number of anilines is 3.